The van der Waals surface area contributed by atoms with Crippen LogP contribution in [0.15, 0.2) is 48.7 Å². The number of quaternary nitrogens is 1. The fourth-order valence-corrected chi connectivity index (χ4v) is 3.09. The van der Waals surface area contributed by atoms with Crippen molar-refractivity contribution in [2.24, 2.45) is 0 Å². The molecule has 3 aromatic rings. The number of aromatic nitrogens is 3. The lowest BCUT2D eigenvalue weighted by atomic mass is 10.1. The van der Waals surface area contributed by atoms with Crippen molar-refractivity contribution in [1.82, 2.24) is 15.0 Å². The maximum atomic E-state index is 13.0. The number of methoxy groups -OCH3 is 1. The molecule has 0 fully saturated rings. The van der Waals surface area contributed by atoms with Crippen molar-refractivity contribution in [3.05, 3.63) is 75.7 Å². The number of hydrogen-bond donors (Lipinski definition) is 1. The molecular formula is C20H19Cl2N4O2+. The van der Waals surface area contributed by atoms with E-state index in [0.29, 0.717) is 32.7 Å². The van der Waals surface area contributed by atoms with Crippen LogP contribution in [0.4, 0.5) is 0 Å². The number of ether oxygens (including phenoxy) is 1. The highest BCUT2D eigenvalue weighted by Crippen LogP contribution is 2.24. The second kappa shape index (κ2) is 8.56. The quantitative estimate of drug-likeness (QED) is 0.626. The van der Waals surface area contributed by atoms with Gasteiger partial charge in [0.15, 0.2) is 5.69 Å². The third-order valence-corrected chi connectivity index (χ3v) is 4.38. The Bertz CT molecular complexity index is 1010. The van der Waals surface area contributed by atoms with Crippen LogP contribution in [0.1, 0.15) is 21.7 Å². The summed E-state index contributed by atoms with van der Waals surface area (Å²) in [5.74, 6) is 0.431. The molecule has 0 saturated heterocycles. The Balaban J connectivity index is 2.10. The van der Waals surface area contributed by atoms with Gasteiger partial charge in [0, 0.05) is 21.7 Å². The molecule has 2 aromatic carbocycles. The molecule has 1 aromatic heterocycles. The maximum Gasteiger partial charge on any atom is 0.215 e. The molecule has 0 spiro atoms. The number of carbonyl (C=O) groups is 1. The SMILES string of the molecule is COc1ccc(C(=O)c2nnn(-c3cc(Cl)cc(Cl)c3)c2/C=C/[NH+](C)C)cc1. The molecule has 0 aliphatic carbocycles. The normalized spacial score (nSPS) is 11.4. The van der Waals surface area contributed by atoms with Gasteiger partial charge in [-0.05, 0) is 42.5 Å². The minimum absolute atomic E-state index is 0.235. The van der Waals surface area contributed by atoms with Gasteiger partial charge in [-0.25, -0.2) is 4.68 Å². The number of carbonyl (C=O) groups excluding carboxylic acids is 1. The molecule has 144 valence electrons. The average molecular weight is 418 g/mol. The Morgan fingerprint density at radius 1 is 1.11 bits per heavy atom. The standard InChI is InChI=1S/C20H18Cl2N4O2/c1-25(2)9-8-18-19(20(27)13-4-6-17(28-3)7-5-13)23-24-26(18)16-11-14(21)10-15(22)12-16/h4-12H,1-3H3/p+1/b9-8+. The second-order valence-electron chi connectivity index (χ2n) is 6.33. The average Bonchev–Trinajstić information content (AvgIpc) is 3.09. The van der Waals surface area contributed by atoms with Crippen LogP contribution in [0.3, 0.4) is 0 Å². The van der Waals surface area contributed by atoms with Crippen molar-refractivity contribution >= 4 is 35.1 Å². The van der Waals surface area contributed by atoms with E-state index in [9.17, 15) is 4.79 Å². The Morgan fingerprint density at radius 3 is 2.32 bits per heavy atom. The van der Waals surface area contributed by atoms with E-state index in [1.807, 2.05) is 20.3 Å². The molecule has 0 radical (unpaired) electrons. The highest BCUT2D eigenvalue weighted by Gasteiger charge is 2.21. The summed E-state index contributed by atoms with van der Waals surface area (Å²) in [5, 5.41) is 9.24. The van der Waals surface area contributed by atoms with Gasteiger partial charge >= 0.3 is 0 Å². The van der Waals surface area contributed by atoms with Crippen LogP contribution >= 0.6 is 23.2 Å². The van der Waals surface area contributed by atoms with Gasteiger partial charge in [0.25, 0.3) is 0 Å². The van der Waals surface area contributed by atoms with Gasteiger partial charge in [0.2, 0.25) is 5.78 Å². The van der Waals surface area contributed by atoms with Gasteiger partial charge in [-0.3, -0.25) is 4.79 Å². The van der Waals surface area contributed by atoms with Crippen LogP contribution < -0.4 is 9.64 Å². The van der Waals surface area contributed by atoms with E-state index in [1.54, 1.807) is 60.3 Å². The van der Waals surface area contributed by atoms with Gasteiger partial charge in [0.1, 0.15) is 11.4 Å². The minimum atomic E-state index is -0.240. The first-order chi connectivity index (χ1) is 13.4. The van der Waals surface area contributed by atoms with Crippen molar-refractivity contribution in [3.8, 4) is 11.4 Å². The van der Waals surface area contributed by atoms with E-state index in [1.165, 1.54) is 0 Å². The molecule has 3 rings (SSSR count). The zero-order chi connectivity index (χ0) is 20.3. The molecule has 28 heavy (non-hydrogen) atoms. The van der Waals surface area contributed by atoms with Crippen molar-refractivity contribution in [2.45, 2.75) is 0 Å². The minimum Gasteiger partial charge on any atom is -0.497 e. The van der Waals surface area contributed by atoms with Crippen molar-refractivity contribution in [3.63, 3.8) is 0 Å². The summed E-state index contributed by atoms with van der Waals surface area (Å²) in [6.07, 6.45) is 3.70. The van der Waals surface area contributed by atoms with E-state index in [4.69, 9.17) is 27.9 Å². The third-order valence-electron chi connectivity index (χ3n) is 3.94. The van der Waals surface area contributed by atoms with E-state index in [-0.39, 0.29) is 11.5 Å². The van der Waals surface area contributed by atoms with Gasteiger partial charge in [-0.2, -0.15) is 0 Å². The van der Waals surface area contributed by atoms with Crippen LogP contribution in [0, 0.1) is 0 Å². The molecule has 0 aliphatic rings. The number of hydrogen-bond acceptors (Lipinski definition) is 4. The van der Waals surface area contributed by atoms with Crippen LogP contribution in [0.2, 0.25) is 10.0 Å². The number of nitrogens with zero attached hydrogens (tertiary/aromatic N) is 3. The highest BCUT2D eigenvalue weighted by atomic mass is 35.5. The molecule has 6 nitrogen and oxygen atoms in total. The lowest BCUT2D eigenvalue weighted by Crippen LogP contribution is -3.00. The number of halogens is 2. The van der Waals surface area contributed by atoms with Gasteiger partial charge in [-0.15, -0.1) is 5.10 Å². The second-order valence-corrected chi connectivity index (χ2v) is 7.20. The van der Waals surface area contributed by atoms with Gasteiger partial charge in [-0.1, -0.05) is 28.4 Å². The van der Waals surface area contributed by atoms with Crippen LogP contribution in [0.25, 0.3) is 11.8 Å². The molecule has 0 atom stereocenters. The van der Waals surface area contributed by atoms with Crippen molar-refractivity contribution < 1.29 is 14.4 Å². The first-order valence-corrected chi connectivity index (χ1v) is 9.24. The zero-order valence-corrected chi connectivity index (χ0v) is 17.1. The molecule has 0 unspecified atom stereocenters. The number of benzene rings is 2. The molecule has 0 bridgehead atoms. The van der Waals surface area contributed by atoms with Gasteiger partial charge < -0.3 is 9.64 Å². The van der Waals surface area contributed by atoms with E-state index in [0.717, 1.165) is 4.90 Å². The monoisotopic (exact) mass is 417 g/mol. The van der Waals surface area contributed by atoms with E-state index >= 15 is 0 Å². The predicted molar refractivity (Wildman–Crippen MR) is 110 cm³/mol. The van der Waals surface area contributed by atoms with Crippen molar-refractivity contribution in [1.29, 1.82) is 0 Å². The summed E-state index contributed by atoms with van der Waals surface area (Å²) in [6.45, 7) is 0. The number of ketones is 1. The topological polar surface area (TPSA) is 61.4 Å². The molecule has 0 amide bonds. The maximum absolute atomic E-state index is 13.0. The third kappa shape index (κ3) is 4.42. The summed E-state index contributed by atoms with van der Waals surface area (Å²) < 4.78 is 6.69. The lowest BCUT2D eigenvalue weighted by molar-refractivity contribution is -0.800. The highest BCUT2D eigenvalue weighted by molar-refractivity contribution is 6.34. The smallest absolute Gasteiger partial charge is 0.215 e. The van der Waals surface area contributed by atoms with Gasteiger partial charge in [0.05, 0.1) is 33.1 Å². The van der Waals surface area contributed by atoms with Crippen LogP contribution in [-0.2, 0) is 0 Å². The molecule has 0 aliphatic heterocycles. The Hall–Kier alpha value is -2.67. The summed E-state index contributed by atoms with van der Waals surface area (Å²) in [4.78, 5) is 14.1. The Kier molecular flexibility index (Phi) is 6.14. The summed E-state index contributed by atoms with van der Waals surface area (Å²) >= 11 is 12.3. The fourth-order valence-electron chi connectivity index (χ4n) is 2.58. The molecule has 1 heterocycles. The fraction of sp³-hybridized carbons (Fsp3) is 0.150. The summed E-state index contributed by atoms with van der Waals surface area (Å²) in [7, 11) is 5.50. The molecule has 0 saturated carbocycles. The number of rotatable bonds is 6. The summed E-state index contributed by atoms with van der Waals surface area (Å²) in [5.41, 5.74) is 1.88. The van der Waals surface area contributed by atoms with E-state index < -0.39 is 0 Å². The first kappa shape index (κ1) is 20.1. The van der Waals surface area contributed by atoms with Crippen molar-refractivity contribution in [2.75, 3.05) is 21.2 Å². The molecular weight excluding hydrogens is 399 g/mol. The largest absolute Gasteiger partial charge is 0.497 e. The Morgan fingerprint density at radius 2 is 1.75 bits per heavy atom. The van der Waals surface area contributed by atoms with Crippen LogP contribution in [-0.4, -0.2) is 42.0 Å². The molecule has 8 heteroatoms. The lowest BCUT2D eigenvalue weighted by Gasteiger charge is -2.07. The number of nitrogens with one attached hydrogen (secondary N) is 1. The summed E-state index contributed by atoms with van der Waals surface area (Å²) in [6, 6.07) is 11.9. The van der Waals surface area contributed by atoms with E-state index in [2.05, 4.69) is 10.3 Å². The predicted octanol–water partition coefficient (Wildman–Crippen LogP) is 2.93. The Labute approximate surface area is 172 Å². The first-order valence-electron chi connectivity index (χ1n) is 8.48. The zero-order valence-electron chi connectivity index (χ0n) is 15.6. The molecule has 1 N–H and O–H groups in total. The van der Waals surface area contributed by atoms with Crippen LogP contribution in [0.5, 0.6) is 5.75 Å².